The minimum atomic E-state index is 0.977. The van der Waals surface area contributed by atoms with Crippen molar-refractivity contribution in [3.63, 3.8) is 0 Å². The second kappa shape index (κ2) is 26.4. The zero-order chi connectivity index (χ0) is 47.3. The van der Waals surface area contributed by atoms with Gasteiger partial charge < -0.3 is 9.80 Å². The van der Waals surface area contributed by atoms with Crippen LogP contribution in [-0.2, 0) is 6.42 Å². The van der Waals surface area contributed by atoms with E-state index >= 15 is 0 Å². The molecule has 65 heavy (non-hydrogen) atoms. The van der Waals surface area contributed by atoms with Crippen molar-refractivity contribution in [2.45, 2.75) is 94.9 Å². The van der Waals surface area contributed by atoms with Crippen LogP contribution in [0.4, 0.5) is 17.1 Å². The number of anilines is 3. The Labute approximate surface area is 397 Å². The quantitative estimate of drug-likeness (QED) is 0.141. The third kappa shape index (κ3) is 12.4. The van der Waals surface area contributed by atoms with Gasteiger partial charge >= 0.3 is 0 Å². The van der Waals surface area contributed by atoms with Crippen molar-refractivity contribution >= 4 is 65.3 Å². The van der Waals surface area contributed by atoms with Gasteiger partial charge in [0.1, 0.15) is 0 Å². The molecule has 8 rings (SSSR count). The van der Waals surface area contributed by atoms with Crippen LogP contribution in [-0.4, -0.2) is 0 Å². The topological polar surface area (TPSA) is 6.48 Å². The molecule has 5 aromatic carbocycles. The Kier molecular flexibility index (Phi) is 20.8. The summed E-state index contributed by atoms with van der Waals surface area (Å²) < 4.78 is 2.52. The van der Waals surface area contributed by atoms with Crippen LogP contribution < -0.4 is 9.80 Å². The molecule has 0 spiro atoms. The van der Waals surface area contributed by atoms with Crippen LogP contribution in [0.2, 0.25) is 0 Å². The van der Waals surface area contributed by atoms with E-state index in [9.17, 15) is 0 Å². The van der Waals surface area contributed by atoms with Gasteiger partial charge in [0, 0.05) is 55.1 Å². The Bertz CT molecular complexity index is 2710. The molecule has 6 aromatic rings. The highest BCUT2D eigenvalue weighted by molar-refractivity contribution is 7.26. The molecule has 0 saturated heterocycles. The summed E-state index contributed by atoms with van der Waals surface area (Å²) >= 11 is 1.84. The van der Waals surface area contributed by atoms with E-state index in [1.807, 2.05) is 45.1 Å². The molecule has 0 saturated carbocycles. The van der Waals surface area contributed by atoms with Crippen molar-refractivity contribution in [3.05, 3.63) is 218 Å². The predicted molar refractivity (Wildman–Crippen MR) is 297 cm³/mol. The SMILES string of the molecule is C=C(/C=C(\C=C/C)N1/C=C\C=C/C(=C)c2ccccc21)c1cc(-c2ccc3sc4c5c(ccc4c3c2)N(c2ccccc2)/C=C\C=C/C5=C)ccc1CCC.CC.CC.CCC.CCC. The van der Waals surface area contributed by atoms with Gasteiger partial charge in [-0.25, -0.2) is 0 Å². The van der Waals surface area contributed by atoms with E-state index in [0.717, 1.165) is 57.9 Å². The van der Waals surface area contributed by atoms with Crippen molar-refractivity contribution in [1.29, 1.82) is 0 Å². The molecule has 2 aliphatic rings. The number of para-hydroxylation sites is 2. The minimum absolute atomic E-state index is 0.977. The Hall–Kier alpha value is -6.42. The molecule has 336 valence electrons. The summed E-state index contributed by atoms with van der Waals surface area (Å²) in [5.74, 6) is 0. The summed E-state index contributed by atoms with van der Waals surface area (Å²) in [5, 5.41) is 2.50. The van der Waals surface area contributed by atoms with Gasteiger partial charge in [-0.3, -0.25) is 0 Å². The lowest BCUT2D eigenvalue weighted by atomic mass is 9.92. The summed E-state index contributed by atoms with van der Waals surface area (Å²) in [4.78, 5) is 4.50. The lowest BCUT2D eigenvalue weighted by molar-refractivity contribution is 0.919. The number of rotatable bonds is 8. The maximum atomic E-state index is 4.69. The third-order valence-electron chi connectivity index (χ3n) is 10.3. The molecule has 3 heteroatoms. The highest BCUT2D eigenvalue weighted by Gasteiger charge is 2.21. The smallest absolute Gasteiger partial charge is 0.0548 e. The molecule has 0 aliphatic carbocycles. The van der Waals surface area contributed by atoms with Crippen molar-refractivity contribution in [1.82, 2.24) is 0 Å². The molecular formula is C62H72N2S. The monoisotopic (exact) mass is 877 g/mol. The van der Waals surface area contributed by atoms with Crippen LogP contribution in [0.3, 0.4) is 0 Å². The van der Waals surface area contributed by atoms with Crippen LogP contribution in [0, 0.1) is 0 Å². The fraction of sp³-hybridized carbons (Fsp3) is 0.226. The number of thiophene rings is 1. The summed E-state index contributed by atoms with van der Waals surface area (Å²) in [7, 11) is 0. The zero-order valence-electron chi connectivity index (χ0n) is 40.9. The third-order valence-corrected chi connectivity index (χ3v) is 11.5. The van der Waals surface area contributed by atoms with Crippen LogP contribution in [0.15, 0.2) is 196 Å². The fourth-order valence-corrected chi connectivity index (χ4v) is 8.89. The molecule has 3 heterocycles. The van der Waals surface area contributed by atoms with Crippen LogP contribution in [0.25, 0.3) is 48.0 Å². The average molecular weight is 877 g/mol. The first-order chi connectivity index (χ1) is 31.8. The second-order valence-corrected chi connectivity index (χ2v) is 16.4. The van der Waals surface area contributed by atoms with Gasteiger partial charge in [0.2, 0.25) is 0 Å². The van der Waals surface area contributed by atoms with Gasteiger partial charge in [-0.05, 0) is 119 Å². The first kappa shape index (κ1) is 51.2. The average Bonchev–Trinajstić information content (AvgIpc) is 3.70. The van der Waals surface area contributed by atoms with E-state index in [2.05, 4.69) is 229 Å². The standard InChI is InChI=1S/C52H44N2S.2C3H8.2C2H6/c1-6-17-39-25-26-40(34-46(39)38(5)33-43(18-7-2)54-32-15-13-19-36(3)44-23-11-12-24-48(44)54)41-27-30-50-47(35-41)45-28-29-49-51(52(45)55-50)37(4)20-14-16-31-53(49)42-21-9-8-10-22-42;2*1-3-2;2*1-2/h7-16,18-35H,3-6,17H2,1-2H3;2*3H2,1-2H3;2*1-2H3/b18-7-,19-13-,20-14-,31-16-,32-15-,43-33+;;;;. The number of fused-ring (bicyclic) bond motifs is 6. The van der Waals surface area contributed by atoms with E-state index in [4.69, 9.17) is 6.58 Å². The first-order valence-corrected chi connectivity index (χ1v) is 24.6. The molecule has 0 radical (unpaired) electrons. The van der Waals surface area contributed by atoms with Crippen LogP contribution in [0.5, 0.6) is 0 Å². The number of hydrogen-bond acceptors (Lipinski definition) is 3. The van der Waals surface area contributed by atoms with Crippen molar-refractivity contribution < 1.29 is 0 Å². The summed E-state index contributed by atoms with van der Waals surface area (Å²) in [5.41, 5.74) is 14.4. The fourth-order valence-electron chi connectivity index (χ4n) is 7.63. The van der Waals surface area contributed by atoms with E-state index in [-0.39, 0.29) is 0 Å². The molecule has 1 aromatic heterocycles. The van der Waals surface area contributed by atoms with Crippen LogP contribution >= 0.6 is 11.3 Å². The Morgan fingerprint density at radius 1 is 0.646 bits per heavy atom. The normalized spacial score (nSPS) is 14.8. The van der Waals surface area contributed by atoms with E-state index in [1.165, 1.54) is 60.8 Å². The van der Waals surface area contributed by atoms with Gasteiger partial charge in [-0.1, -0.05) is 192 Å². The maximum Gasteiger partial charge on any atom is 0.0548 e. The largest absolute Gasteiger partial charge is 0.317 e. The highest BCUT2D eigenvalue weighted by atomic mass is 32.1. The molecule has 0 N–H and O–H groups in total. The van der Waals surface area contributed by atoms with Gasteiger partial charge in [0.25, 0.3) is 0 Å². The Balaban J connectivity index is 0.000000856. The van der Waals surface area contributed by atoms with E-state index in [1.54, 1.807) is 0 Å². The maximum absolute atomic E-state index is 4.69. The highest BCUT2D eigenvalue weighted by Crippen LogP contribution is 2.46. The molecular weight excluding hydrogens is 805 g/mol. The number of hydrogen-bond donors (Lipinski definition) is 0. The number of aryl methyl sites for hydroxylation is 1. The lowest BCUT2D eigenvalue weighted by Crippen LogP contribution is -2.16. The molecule has 2 nitrogen and oxygen atoms in total. The van der Waals surface area contributed by atoms with Crippen LogP contribution in [0.1, 0.15) is 111 Å². The van der Waals surface area contributed by atoms with Gasteiger partial charge in [-0.15, -0.1) is 11.3 Å². The molecule has 0 atom stereocenters. The summed E-state index contributed by atoms with van der Waals surface area (Å²) in [6.07, 6.45) is 27.7. The molecule has 0 bridgehead atoms. The van der Waals surface area contributed by atoms with Crippen molar-refractivity contribution in [3.8, 4) is 11.1 Å². The number of benzene rings is 5. The minimum Gasteiger partial charge on any atom is -0.317 e. The van der Waals surface area contributed by atoms with E-state index in [0.29, 0.717) is 0 Å². The zero-order valence-corrected chi connectivity index (χ0v) is 41.7. The molecule has 0 unspecified atom stereocenters. The number of nitrogens with zero attached hydrogens (tertiary/aromatic N) is 2. The number of allylic oxidation sites excluding steroid dienone is 12. The van der Waals surface area contributed by atoms with Crippen molar-refractivity contribution in [2.24, 2.45) is 0 Å². The van der Waals surface area contributed by atoms with Crippen molar-refractivity contribution in [2.75, 3.05) is 9.80 Å². The molecule has 2 aliphatic heterocycles. The van der Waals surface area contributed by atoms with Gasteiger partial charge in [-0.2, -0.15) is 0 Å². The van der Waals surface area contributed by atoms with Gasteiger partial charge in [0.15, 0.2) is 0 Å². The Morgan fingerprint density at radius 2 is 1.28 bits per heavy atom. The summed E-state index contributed by atoms with van der Waals surface area (Å²) in [6, 6.07) is 37.3. The summed E-state index contributed by atoms with van der Waals surface area (Å²) in [6.45, 7) is 34.4. The molecule has 0 fully saturated rings. The molecule has 0 amide bonds. The second-order valence-electron chi connectivity index (χ2n) is 15.3. The first-order valence-electron chi connectivity index (χ1n) is 23.7. The predicted octanol–water partition coefficient (Wildman–Crippen LogP) is 19.9. The van der Waals surface area contributed by atoms with Gasteiger partial charge in [0.05, 0.1) is 11.4 Å². The lowest BCUT2D eigenvalue weighted by Gasteiger charge is -2.26. The Morgan fingerprint density at radius 3 is 1.97 bits per heavy atom. The van der Waals surface area contributed by atoms with E-state index < -0.39 is 0 Å².